The van der Waals surface area contributed by atoms with Crippen LogP contribution in [0.5, 0.6) is 0 Å². The molecule has 1 amide bonds. The summed E-state index contributed by atoms with van der Waals surface area (Å²) in [7, 11) is 0. The van der Waals surface area contributed by atoms with E-state index in [4.69, 9.17) is 19.3 Å². The molecule has 3 aromatic rings. The van der Waals surface area contributed by atoms with Crippen LogP contribution in [0.25, 0.3) is 16.6 Å². The minimum absolute atomic E-state index is 0.0425. The largest absolute Gasteiger partial charge is 0.444 e. The van der Waals surface area contributed by atoms with E-state index in [9.17, 15) is 4.79 Å². The van der Waals surface area contributed by atoms with Gasteiger partial charge < -0.3 is 24.8 Å². The Labute approximate surface area is 224 Å². The van der Waals surface area contributed by atoms with Crippen LogP contribution in [-0.2, 0) is 14.2 Å². The standard InChI is InChI=1S/C27H41N7O4/c1-20-32-30-19-33(20)21-16-23(22-18-31-34(24(22)17-21)25-10-5-7-15-37-25)28-12-9-14-36-13-8-6-11-29-26(35)38-27(2,3)4/h16-19,25,28H,5-15H2,1-4H3,(H,29,35). The van der Waals surface area contributed by atoms with Crippen LogP contribution in [-0.4, -0.2) is 69.1 Å². The Kier molecular flexibility index (Phi) is 9.57. The highest BCUT2D eigenvalue weighted by molar-refractivity contribution is 5.93. The molecule has 11 heteroatoms. The number of hydrogen-bond acceptors (Lipinski definition) is 8. The number of fused-ring (bicyclic) bond motifs is 1. The number of carbonyl (C=O) groups is 1. The van der Waals surface area contributed by atoms with Gasteiger partial charge in [0.1, 0.15) is 17.8 Å². The Bertz CT molecular complexity index is 1180. The van der Waals surface area contributed by atoms with E-state index in [0.29, 0.717) is 19.8 Å². The number of carbonyl (C=O) groups excluding carboxylic acids is 1. The molecule has 0 bridgehead atoms. The lowest BCUT2D eigenvalue weighted by atomic mass is 10.1. The summed E-state index contributed by atoms with van der Waals surface area (Å²) in [4.78, 5) is 11.7. The topological polar surface area (TPSA) is 117 Å². The van der Waals surface area contributed by atoms with Gasteiger partial charge in [0, 0.05) is 44.0 Å². The zero-order chi connectivity index (χ0) is 27.0. The average molecular weight is 528 g/mol. The molecule has 208 valence electrons. The van der Waals surface area contributed by atoms with Gasteiger partial charge in [0.25, 0.3) is 0 Å². The van der Waals surface area contributed by atoms with Crippen molar-refractivity contribution in [2.75, 3.05) is 38.2 Å². The summed E-state index contributed by atoms with van der Waals surface area (Å²) in [6, 6.07) is 4.24. The molecule has 1 saturated heterocycles. The molecule has 1 aromatic carbocycles. The Morgan fingerprint density at radius 2 is 2.00 bits per heavy atom. The number of alkyl carbamates (subject to hydrolysis) is 1. The first-order chi connectivity index (χ1) is 18.3. The molecule has 0 radical (unpaired) electrons. The number of amides is 1. The van der Waals surface area contributed by atoms with E-state index >= 15 is 0 Å². The van der Waals surface area contributed by atoms with Crippen molar-refractivity contribution in [1.82, 2.24) is 29.9 Å². The predicted molar refractivity (Wildman–Crippen MR) is 146 cm³/mol. The number of hydrogen-bond donors (Lipinski definition) is 2. The smallest absolute Gasteiger partial charge is 0.407 e. The number of unbranched alkanes of at least 4 members (excludes halogenated alkanes) is 1. The first-order valence-corrected chi connectivity index (χ1v) is 13.6. The third-order valence-corrected chi connectivity index (χ3v) is 6.29. The first-order valence-electron chi connectivity index (χ1n) is 13.6. The predicted octanol–water partition coefficient (Wildman–Crippen LogP) is 4.75. The van der Waals surface area contributed by atoms with E-state index in [-0.39, 0.29) is 12.3 Å². The Balaban J connectivity index is 1.27. The van der Waals surface area contributed by atoms with Crippen molar-refractivity contribution in [2.45, 2.75) is 78.0 Å². The van der Waals surface area contributed by atoms with Crippen LogP contribution in [0.15, 0.2) is 24.7 Å². The molecule has 2 aromatic heterocycles. The molecule has 11 nitrogen and oxygen atoms in total. The fraction of sp³-hybridized carbons (Fsp3) is 0.630. The lowest BCUT2D eigenvalue weighted by Crippen LogP contribution is -2.33. The molecular formula is C27H41N7O4. The van der Waals surface area contributed by atoms with Gasteiger partial charge in [-0.1, -0.05) is 0 Å². The van der Waals surface area contributed by atoms with Gasteiger partial charge in [0.15, 0.2) is 6.23 Å². The van der Waals surface area contributed by atoms with Crippen LogP contribution in [0.1, 0.15) is 71.3 Å². The monoisotopic (exact) mass is 527 g/mol. The van der Waals surface area contributed by atoms with Crippen LogP contribution in [0.3, 0.4) is 0 Å². The van der Waals surface area contributed by atoms with E-state index in [1.54, 1.807) is 6.33 Å². The highest BCUT2D eigenvalue weighted by Crippen LogP contribution is 2.32. The van der Waals surface area contributed by atoms with Crippen LogP contribution >= 0.6 is 0 Å². The lowest BCUT2D eigenvalue weighted by molar-refractivity contribution is -0.0366. The molecule has 0 spiro atoms. The number of aryl methyl sites for hydroxylation is 1. The molecule has 1 aliphatic heterocycles. The summed E-state index contributed by atoms with van der Waals surface area (Å²) in [6.45, 7) is 10.9. The number of nitrogens with one attached hydrogen (secondary N) is 2. The number of benzene rings is 1. The molecule has 0 aliphatic carbocycles. The average Bonchev–Trinajstić information content (AvgIpc) is 3.50. The molecule has 4 rings (SSSR count). The van der Waals surface area contributed by atoms with E-state index in [2.05, 4.69) is 33.0 Å². The fourth-order valence-corrected chi connectivity index (χ4v) is 4.44. The van der Waals surface area contributed by atoms with Crippen molar-refractivity contribution in [1.29, 1.82) is 0 Å². The number of rotatable bonds is 12. The lowest BCUT2D eigenvalue weighted by Gasteiger charge is -2.23. The van der Waals surface area contributed by atoms with Gasteiger partial charge >= 0.3 is 6.09 Å². The molecular weight excluding hydrogens is 486 g/mol. The summed E-state index contributed by atoms with van der Waals surface area (Å²) < 4.78 is 21.0. The highest BCUT2D eigenvalue weighted by Gasteiger charge is 2.21. The van der Waals surface area contributed by atoms with Gasteiger partial charge in [-0.3, -0.25) is 4.57 Å². The zero-order valence-corrected chi connectivity index (χ0v) is 23.0. The second-order valence-electron chi connectivity index (χ2n) is 10.6. The van der Waals surface area contributed by atoms with Crippen molar-refractivity contribution < 1.29 is 19.0 Å². The zero-order valence-electron chi connectivity index (χ0n) is 23.0. The number of anilines is 1. The number of aromatic nitrogens is 5. The van der Waals surface area contributed by atoms with Crippen molar-refractivity contribution in [3.63, 3.8) is 0 Å². The maximum Gasteiger partial charge on any atom is 0.407 e. The Hall–Kier alpha value is -3.18. The molecule has 0 saturated carbocycles. The van der Waals surface area contributed by atoms with Crippen molar-refractivity contribution in [2.24, 2.45) is 0 Å². The van der Waals surface area contributed by atoms with Crippen LogP contribution < -0.4 is 10.6 Å². The quantitative estimate of drug-likeness (QED) is 0.324. The first kappa shape index (κ1) is 27.8. The third-order valence-electron chi connectivity index (χ3n) is 6.29. The van der Waals surface area contributed by atoms with Gasteiger partial charge in [-0.15, -0.1) is 10.2 Å². The molecule has 1 aliphatic rings. The minimum atomic E-state index is -0.478. The molecule has 3 heterocycles. The molecule has 1 atom stereocenters. The third kappa shape index (κ3) is 7.67. The molecule has 1 fully saturated rings. The van der Waals surface area contributed by atoms with Crippen molar-refractivity contribution in [3.8, 4) is 5.69 Å². The SMILES string of the molecule is Cc1nncn1-c1cc(NCCCOCCCCNC(=O)OC(C)(C)C)c2cnn(C3CCCCO3)c2c1. The van der Waals surface area contributed by atoms with Gasteiger partial charge in [0.05, 0.1) is 17.4 Å². The van der Waals surface area contributed by atoms with Crippen LogP contribution in [0, 0.1) is 6.92 Å². The summed E-state index contributed by atoms with van der Waals surface area (Å²) in [5, 5.41) is 20.3. The summed E-state index contributed by atoms with van der Waals surface area (Å²) in [5.74, 6) is 0.824. The Morgan fingerprint density at radius 3 is 2.74 bits per heavy atom. The maximum atomic E-state index is 11.7. The molecule has 38 heavy (non-hydrogen) atoms. The second-order valence-corrected chi connectivity index (χ2v) is 10.6. The maximum absolute atomic E-state index is 11.7. The van der Waals surface area contributed by atoms with Crippen molar-refractivity contribution >= 4 is 22.7 Å². The minimum Gasteiger partial charge on any atom is -0.444 e. The Morgan fingerprint density at radius 1 is 1.16 bits per heavy atom. The van der Waals surface area contributed by atoms with Gasteiger partial charge in [-0.2, -0.15) is 5.10 Å². The number of nitrogens with zero attached hydrogens (tertiary/aromatic N) is 5. The number of ether oxygens (including phenoxy) is 3. The summed E-state index contributed by atoms with van der Waals surface area (Å²) >= 11 is 0. The molecule has 1 unspecified atom stereocenters. The highest BCUT2D eigenvalue weighted by atomic mass is 16.6. The normalized spacial score (nSPS) is 16.1. The van der Waals surface area contributed by atoms with Crippen LogP contribution in [0.2, 0.25) is 0 Å². The van der Waals surface area contributed by atoms with Crippen LogP contribution in [0.4, 0.5) is 10.5 Å². The van der Waals surface area contributed by atoms with Gasteiger partial charge in [0.2, 0.25) is 0 Å². The van der Waals surface area contributed by atoms with E-state index in [0.717, 1.165) is 79.8 Å². The second kappa shape index (κ2) is 13.1. The van der Waals surface area contributed by atoms with Gasteiger partial charge in [-0.05, 0) is 78.4 Å². The van der Waals surface area contributed by atoms with Gasteiger partial charge in [-0.25, -0.2) is 9.48 Å². The van der Waals surface area contributed by atoms with E-state index in [1.807, 2.05) is 43.1 Å². The molecule has 2 N–H and O–H groups in total. The summed E-state index contributed by atoms with van der Waals surface area (Å²) in [6.07, 6.45) is 9.02. The summed E-state index contributed by atoms with van der Waals surface area (Å²) in [5.41, 5.74) is 2.55. The fourth-order valence-electron chi connectivity index (χ4n) is 4.44. The van der Waals surface area contributed by atoms with Crippen molar-refractivity contribution in [3.05, 3.63) is 30.5 Å². The van der Waals surface area contributed by atoms with E-state index in [1.165, 1.54) is 0 Å². The van der Waals surface area contributed by atoms with E-state index < -0.39 is 5.60 Å².